The van der Waals surface area contributed by atoms with Crippen molar-refractivity contribution in [1.29, 1.82) is 0 Å². The lowest BCUT2D eigenvalue weighted by Crippen LogP contribution is -2.57. The van der Waals surface area contributed by atoms with Crippen LogP contribution >= 0.6 is 0 Å². The van der Waals surface area contributed by atoms with Crippen LogP contribution in [-0.4, -0.2) is 31.5 Å². The Hall–Kier alpha value is -1.03. The van der Waals surface area contributed by atoms with Crippen molar-refractivity contribution in [3.63, 3.8) is 0 Å². The number of carbonyl (C=O) groups is 1. The van der Waals surface area contributed by atoms with Crippen LogP contribution in [0, 0.1) is 23.2 Å². The molecular formula is C22H37NO3. The van der Waals surface area contributed by atoms with Gasteiger partial charge in [0.1, 0.15) is 6.61 Å². The number of carbonyl (C=O) groups excluding carboxylic acids is 1. The van der Waals surface area contributed by atoms with Crippen LogP contribution in [-0.2, 0) is 9.47 Å². The quantitative estimate of drug-likeness (QED) is 0.693. The van der Waals surface area contributed by atoms with Crippen molar-refractivity contribution >= 4 is 6.09 Å². The highest BCUT2D eigenvalue weighted by atomic mass is 16.6. The third kappa shape index (κ3) is 3.81. The molecule has 2 bridgehead atoms. The van der Waals surface area contributed by atoms with Gasteiger partial charge >= 0.3 is 6.09 Å². The highest BCUT2D eigenvalue weighted by Gasteiger charge is 2.53. The predicted octanol–water partition coefficient (Wildman–Crippen LogP) is 5.08. The Morgan fingerprint density at radius 2 is 2.04 bits per heavy atom. The van der Waals surface area contributed by atoms with E-state index in [0.29, 0.717) is 43.1 Å². The van der Waals surface area contributed by atoms with Crippen molar-refractivity contribution in [2.24, 2.45) is 23.2 Å². The fourth-order valence-electron chi connectivity index (χ4n) is 5.59. The molecule has 3 aliphatic rings. The van der Waals surface area contributed by atoms with Gasteiger partial charge in [-0.05, 0) is 38.0 Å². The van der Waals surface area contributed by atoms with Crippen LogP contribution in [0.5, 0.6) is 0 Å². The van der Waals surface area contributed by atoms with Gasteiger partial charge in [0, 0.05) is 17.4 Å². The molecule has 1 heterocycles. The number of allylic oxidation sites excluding steroid dienone is 1. The summed E-state index contributed by atoms with van der Waals surface area (Å²) in [5.41, 5.74) is 1.35. The number of rotatable bonds is 5. The Labute approximate surface area is 159 Å². The van der Waals surface area contributed by atoms with Crippen molar-refractivity contribution in [2.45, 2.75) is 84.8 Å². The third-order valence-electron chi connectivity index (χ3n) is 7.33. The molecule has 1 saturated heterocycles. The largest absolute Gasteiger partial charge is 0.449 e. The average Bonchev–Trinajstić information content (AvgIpc) is 2.61. The van der Waals surface area contributed by atoms with Gasteiger partial charge in [-0.15, -0.1) is 0 Å². The minimum atomic E-state index is -0.246. The maximum atomic E-state index is 12.4. The number of nitrogens with one attached hydrogen (secondary N) is 1. The summed E-state index contributed by atoms with van der Waals surface area (Å²) in [7, 11) is 0. The minimum Gasteiger partial charge on any atom is -0.449 e. The zero-order valence-electron chi connectivity index (χ0n) is 17.1. The summed E-state index contributed by atoms with van der Waals surface area (Å²) < 4.78 is 12.1. The molecule has 0 aromatic heterocycles. The molecule has 4 nitrogen and oxygen atoms in total. The summed E-state index contributed by atoms with van der Waals surface area (Å²) in [6, 6.07) is 0.293. The first-order chi connectivity index (χ1) is 12.5. The van der Waals surface area contributed by atoms with Crippen molar-refractivity contribution < 1.29 is 14.3 Å². The molecule has 1 saturated carbocycles. The van der Waals surface area contributed by atoms with Crippen LogP contribution in [0.25, 0.3) is 0 Å². The molecule has 4 heteroatoms. The zero-order chi connectivity index (χ0) is 18.7. The van der Waals surface area contributed by atoms with Crippen molar-refractivity contribution in [1.82, 2.24) is 5.32 Å². The molecule has 0 unspecified atom stereocenters. The van der Waals surface area contributed by atoms with Gasteiger partial charge in [-0.2, -0.15) is 0 Å². The lowest BCUT2D eigenvalue weighted by atomic mass is 9.56. The Bertz CT molecular complexity index is 525. The summed E-state index contributed by atoms with van der Waals surface area (Å²) >= 11 is 0. The first-order valence-electron chi connectivity index (χ1n) is 10.7. The van der Waals surface area contributed by atoms with E-state index in [-0.39, 0.29) is 11.5 Å². The van der Waals surface area contributed by atoms with Gasteiger partial charge in [-0.1, -0.05) is 58.1 Å². The Morgan fingerprint density at radius 3 is 2.73 bits per heavy atom. The van der Waals surface area contributed by atoms with E-state index in [1.807, 2.05) is 0 Å². The predicted molar refractivity (Wildman–Crippen MR) is 104 cm³/mol. The second kappa shape index (κ2) is 8.33. The van der Waals surface area contributed by atoms with Gasteiger partial charge in [0.2, 0.25) is 0 Å². The van der Waals surface area contributed by atoms with Gasteiger partial charge in [0.15, 0.2) is 0 Å². The fraction of sp³-hybridized carbons (Fsp3) is 0.864. The molecule has 5 atom stereocenters. The van der Waals surface area contributed by atoms with E-state index in [0.717, 1.165) is 25.7 Å². The molecule has 1 aliphatic heterocycles. The summed E-state index contributed by atoms with van der Waals surface area (Å²) in [5.74, 6) is 1.28. The van der Waals surface area contributed by atoms with Crippen LogP contribution in [0.1, 0.15) is 72.6 Å². The molecule has 148 valence electrons. The SMILES string of the molecule is CCC[C@H]1OC[C@@]2(COC(=O)NC3CCCCC3)[C@H](C)C=C(C)[C@@H]1[C@H]2C. The van der Waals surface area contributed by atoms with Gasteiger partial charge < -0.3 is 14.8 Å². The van der Waals surface area contributed by atoms with Gasteiger partial charge in [-0.25, -0.2) is 4.79 Å². The van der Waals surface area contributed by atoms with Crippen LogP contribution in [0.2, 0.25) is 0 Å². The summed E-state index contributed by atoms with van der Waals surface area (Å²) in [5, 5.41) is 3.08. The third-order valence-corrected chi connectivity index (χ3v) is 7.33. The van der Waals surface area contributed by atoms with Crippen LogP contribution < -0.4 is 5.32 Å². The Balaban J connectivity index is 1.65. The fourth-order valence-corrected chi connectivity index (χ4v) is 5.59. The first-order valence-corrected chi connectivity index (χ1v) is 10.7. The van der Waals surface area contributed by atoms with E-state index in [2.05, 4.69) is 39.1 Å². The number of alkyl carbamates (subject to hydrolysis) is 1. The number of amides is 1. The molecule has 3 rings (SSSR count). The van der Waals surface area contributed by atoms with Crippen molar-refractivity contribution in [2.75, 3.05) is 13.2 Å². The maximum absolute atomic E-state index is 12.4. The molecule has 26 heavy (non-hydrogen) atoms. The normalized spacial score (nSPS) is 37.8. The van der Waals surface area contributed by atoms with Crippen molar-refractivity contribution in [3.8, 4) is 0 Å². The Kier molecular flexibility index (Phi) is 6.32. The molecule has 2 aliphatic carbocycles. The molecule has 1 amide bonds. The van der Waals surface area contributed by atoms with E-state index in [4.69, 9.17) is 9.47 Å². The van der Waals surface area contributed by atoms with Crippen molar-refractivity contribution in [3.05, 3.63) is 11.6 Å². The number of ether oxygens (including phenoxy) is 2. The number of fused-ring (bicyclic) bond motifs is 2. The van der Waals surface area contributed by atoms with E-state index >= 15 is 0 Å². The average molecular weight is 364 g/mol. The molecule has 0 aromatic carbocycles. The molecule has 0 spiro atoms. The number of hydrogen-bond acceptors (Lipinski definition) is 3. The lowest BCUT2D eigenvalue weighted by Gasteiger charge is -2.55. The summed E-state index contributed by atoms with van der Waals surface area (Å²) in [4.78, 5) is 12.4. The zero-order valence-corrected chi connectivity index (χ0v) is 17.1. The van der Waals surface area contributed by atoms with Gasteiger partial charge in [-0.3, -0.25) is 0 Å². The summed E-state index contributed by atoms with van der Waals surface area (Å²) in [6.45, 7) is 10.2. The van der Waals surface area contributed by atoms with Crippen LogP contribution in [0.15, 0.2) is 11.6 Å². The topological polar surface area (TPSA) is 47.6 Å². The monoisotopic (exact) mass is 363 g/mol. The lowest BCUT2D eigenvalue weighted by molar-refractivity contribution is -0.164. The highest BCUT2D eigenvalue weighted by Crippen LogP contribution is 2.53. The number of hydrogen-bond donors (Lipinski definition) is 1. The Morgan fingerprint density at radius 1 is 1.31 bits per heavy atom. The summed E-state index contributed by atoms with van der Waals surface area (Å²) in [6.07, 6.45) is 10.6. The highest BCUT2D eigenvalue weighted by molar-refractivity contribution is 5.67. The molecule has 0 aromatic rings. The second-order valence-electron chi connectivity index (χ2n) is 8.94. The minimum absolute atomic E-state index is 0.0989. The van der Waals surface area contributed by atoms with Crippen LogP contribution in [0.3, 0.4) is 0 Å². The van der Waals surface area contributed by atoms with Gasteiger partial charge in [0.25, 0.3) is 0 Å². The molecule has 0 radical (unpaired) electrons. The first kappa shape index (κ1) is 19.7. The smallest absolute Gasteiger partial charge is 0.407 e. The molecule has 2 fully saturated rings. The van der Waals surface area contributed by atoms with E-state index in [1.165, 1.54) is 24.8 Å². The maximum Gasteiger partial charge on any atom is 0.407 e. The molecular weight excluding hydrogens is 326 g/mol. The standard InChI is InChI=1S/C22H37NO3/c1-5-9-19-20-15(2)12-16(3)22(13-25-19,17(20)4)14-26-21(24)23-18-10-7-6-8-11-18/h12,16-20H,5-11,13-14H2,1-4H3,(H,23,24)/t16-,17-,19-,20-,22-/m1/s1. The van der Waals surface area contributed by atoms with E-state index < -0.39 is 0 Å². The molecule has 1 N–H and O–H groups in total. The second-order valence-corrected chi connectivity index (χ2v) is 8.94. The van der Waals surface area contributed by atoms with Crippen LogP contribution in [0.4, 0.5) is 4.79 Å². The van der Waals surface area contributed by atoms with E-state index in [9.17, 15) is 4.79 Å². The van der Waals surface area contributed by atoms with Gasteiger partial charge in [0.05, 0.1) is 12.7 Å². The van der Waals surface area contributed by atoms with E-state index in [1.54, 1.807) is 0 Å².